The van der Waals surface area contributed by atoms with E-state index in [9.17, 15) is 14.4 Å². The van der Waals surface area contributed by atoms with E-state index in [4.69, 9.17) is 5.11 Å². The molecule has 1 saturated heterocycles. The normalized spacial score (nSPS) is 21.8. The summed E-state index contributed by atoms with van der Waals surface area (Å²) >= 11 is 0. The smallest absolute Gasteiger partial charge is 0.307 e. The largest absolute Gasteiger partial charge is 0.481 e. The number of carbonyl (C=O) groups excluding carboxylic acids is 2. The second kappa shape index (κ2) is 5.95. The molecule has 1 heterocycles. The van der Waals surface area contributed by atoms with Crippen molar-refractivity contribution in [2.75, 3.05) is 19.6 Å². The molecular weight excluding hydrogens is 236 g/mol. The lowest BCUT2D eigenvalue weighted by atomic mass is 10.1. The Balaban J connectivity index is 2.75. The van der Waals surface area contributed by atoms with Crippen LogP contribution < -0.4 is 0 Å². The van der Waals surface area contributed by atoms with Gasteiger partial charge in [0, 0.05) is 13.1 Å². The van der Waals surface area contributed by atoms with Gasteiger partial charge < -0.3 is 5.11 Å². The van der Waals surface area contributed by atoms with Crippen LogP contribution in [0.3, 0.4) is 0 Å². The van der Waals surface area contributed by atoms with Gasteiger partial charge in [0.05, 0.1) is 18.4 Å². The Morgan fingerprint density at radius 2 is 2.11 bits per heavy atom. The molecule has 1 N–H and O–H groups in total. The van der Waals surface area contributed by atoms with E-state index in [-0.39, 0.29) is 24.8 Å². The average molecular weight is 256 g/mol. The SMILES string of the molecule is CCN1C(=O)CC(N(CC)CC(C)C(=O)O)C1=O. The van der Waals surface area contributed by atoms with Crippen molar-refractivity contribution < 1.29 is 19.5 Å². The van der Waals surface area contributed by atoms with Crippen LogP contribution in [0.5, 0.6) is 0 Å². The Morgan fingerprint density at radius 1 is 1.50 bits per heavy atom. The second-order valence-corrected chi connectivity index (χ2v) is 4.52. The van der Waals surface area contributed by atoms with Gasteiger partial charge in [-0.3, -0.25) is 24.2 Å². The molecule has 102 valence electrons. The van der Waals surface area contributed by atoms with Crippen LogP contribution in [0.2, 0.25) is 0 Å². The van der Waals surface area contributed by atoms with Gasteiger partial charge in [0.1, 0.15) is 0 Å². The van der Waals surface area contributed by atoms with Crippen molar-refractivity contribution in [1.29, 1.82) is 0 Å². The maximum atomic E-state index is 12.0. The van der Waals surface area contributed by atoms with Crippen molar-refractivity contribution in [2.24, 2.45) is 5.92 Å². The van der Waals surface area contributed by atoms with E-state index < -0.39 is 17.9 Å². The van der Waals surface area contributed by atoms with Gasteiger partial charge in [-0.05, 0) is 13.5 Å². The van der Waals surface area contributed by atoms with Crippen LogP contribution in [0.4, 0.5) is 0 Å². The first-order valence-electron chi connectivity index (χ1n) is 6.23. The van der Waals surface area contributed by atoms with E-state index >= 15 is 0 Å². The molecule has 1 rings (SSSR count). The number of rotatable bonds is 6. The molecule has 0 spiro atoms. The van der Waals surface area contributed by atoms with E-state index in [2.05, 4.69) is 0 Å². The lowest BCUT2D eigenvalue weighted by Crippen LogP contribution is -2.44. The standard InChI is InChI=1S/C12H20N2O4/c1-4-13(7-8(3)12(17)18)9-6-10(15)14(5-2)11(9)16/h8-9H,4-7H2,1-3H3,(H,17,18). The summed E-state index contributed by atoms with van der Waals surface area (Å²) in [4.78, 5) is 37.5. The summed E-state index contributed by atoms with van der Waals surface area (Å²) in [6.07, 6.45) is 0.160. The molecule has 1 fully saturated rings. The molecule has 0 saturated carbocycles. The predicted molar refractivity (Wildman–Crippen MR) is 64.8 cm³/mol. The van der Waals surface area contributed by atoms with Gasteiger partial charge in [-0.15, -0.1) is 0 Å². The van der Waals surface area contributed by atoms with Crippen LogP contribution in [-0.4, -0.2) is 58.4 Å². The minimum absolute atomic E-state index is 0.160. The first-order valence-corrected chi connectivity index (χ1v) is 6.23. The number of aliphatic carboxylic acids is 1. The fourth-order valence-corrected chi connectivity index (χ4v) is 2.19. The molecular formula is C12H20N2O4. The Labute approximate surface area is 107 Å². The third-order valence-electron chi connectivity index (χ3n) is 3.31. The molecule has 0 aromatic heterocycles. The number of hydrogen-bond acceptors (Lipinski definition) is 4. The number of likely N-dealkylation sites (tertiary alicyclic amines) is 1. The van der Waals surface area contributed by atoms with Crippen LogP contribution in [0, 0.1) is 5.92 Å². The number of carboxylic acids is 1. The second-order valence-electron chi connectivity index (χ2n) is 4.52. The lowest BCUT2D eigenvalue weighted by Gasteiger charge is -2.27. The van der Waals surface area contributed by atoms with Crippen molar-refractivity contribution in [3.63, 3.8) is 0 Å². The van der Waals surface area contributed by atoms with E-state index in [0.29, 0.717) is 13.1 Å². The van der Waals surface area contributed by atoms with E-state index in [0.717, 1.165) is 0 Å². The zero-order valence-corrected chi connectivity index (χ0v) is 11.0. The van der Waals surface area contributed by atoms with Crippen LogP contribution in [0.15, 0.2) is 0 Å². The molecule has 0 aromatic rings. The van der Waals surface area contributed by atoms with Gasteiger partial charge in [-0.25, -0.2) is 0 Å². The van der Waals surface area contributed by atoms with Crippen LogP contribution >= 0.6 is 0 Å². The van der Waals surface area contributed by atoms with Crippen LogP contribution in [0.1, 0.15) is 27.2 Å². The number of nitrogens with zero attached hydrogens (tertiary/aromatic N) is 2. The Morgan fingerprint density at radius 3 is 2.50 bits per heavy atom. The third kappa shape index (κ3) is 2.87. The van der Waals surface area contributed by atoms with Crippen molar-refractivity contribution in [1.82, 2.24) is 9.80 Å². The summed E-state index contributed by atoms with van der Waals surface area (Å²) in [5.74, 6) is -1.82. The van der Waals surface area contributed by atoms with Crippen molar-refractivity contribution in [2.45, 2.75) is 33.2 Å². The molecule has 0 aromatic carbocycles. The van der Waals surface area contributed by atoms with Crippen LogP contribution in [-0.2, 0) is 14.4 Å². The van der Waals surface area contributed by atoms with Crippen molar-refractivity contribution in [3.05, 3.63) is 0 Å². The highest BCUT2D eigenvalue weighted by Gasteiger charge is 2.41. The van der Waals surface area contributed by atoms with Crippen molar-refractivity contribution >= 4 is 17.8 Å². The predicted octanol–water partition coefficient (Wildman–Crippen LogP) is 0.176. The summed E-state index contributed by atoms with van der Waals surface area (Å²) in [7, 11) is 0. The number of carboxylic acid groups (broad SMARTS) is 1. The zero-order valence-electron chi connectivity index (χ0n) is 11.0. The van der Waals surface area contributed by atoms with E-state index in [1.54, 1.807) is 18.7 Å². The quantitative estimate of drug-likeness (QED) is 0.686. The summed E-state index contributed by atoms with van der Waals surface area (Å²) < 4.78 is 0. The molecule has 6 heteroatoms. The van der Waals surface area contributed by atoms with Gasteiger partial charge >= 0.3 is 5.97 Å². The molecule has 0 radical (unpaired) electrons. The summed E-state index contributed by atoms with van der Waals surface area (Å²) in [5.41, 5.74) is 0. The monoisotopic (exact) mass is 256 g/mol. The average Bonchev–Trinajstić information content (AvgIpc) is 2.60. The van der Waals surface area contributed by atoms with E-state index in [1.165, 1.54) is 4.90 Å². The molecule has 2 atom stereocenters. The summed E-state index contributed by atoms with van der Waals surface area (Å²) in [6.45, 7) is 6.44. The highest BCUT2D eigenvalue weighted by molar-refractivity contribution is 6.05. The molecule has 18 heavy (non-hydrogen) atoms. The van der Waals surface area contributed by atoms with Gasteiger partial charge in [-0.1, -0.05) is 13.8 Å². The number of carbonyl (C=O) groups is 3. The molecule has 0 bridgehead atoms. The number of imide groups is 1. The number of amides is 2. The fraction of sp³-hybridized carbons (Fsp3) is 0.750. The minimum Gasteiger partial charge on any atom is -0.481 e. The Hall–Kier alpha value is -1.43. The highest BCUT2D eigenvalue weighted by Crippen LogP contribution is 2.19. The minimum atomic E-state index is -0.891. The summed E-state index contributed by atoms with van der Waals surface area (Å²) in [5, 5.41) is 8.90. The first-order chi connectivity index (χ1) is 8.42. The van der Waals surface area contributed by atoms with Gasteiger partial charge in [-0.2, -0.15) is 0 Å². The molecule has 2 unspecified atom stereocenters. The number of likely N-dealkylation sites (N-methyl/N-ethyl adjacent to an activating group) is 2. The van der Waals surface area contributed by atoms with E-state index in [1.807, 2.05) is 6.92 Å². The fourth-order valence-electron chi connectivity index (χ4n) is 2.19. The van der Waals surface area contributed by atoms with Crippen molar-refractivity contribution in [3.8, 4) is 0 Å². The maximum absolute atomic E-state index is 12.0. The summed E-state index contributed by atoms with van der Waals surface area (Å²) in [6, 6.07) is -0.496. The van der Waals surface area contributed by atoms with Gasteiger partial charge in [0.15, 0.2) is 0 Å². The molecule has 2 amide bonds. The Kier molecular flexibility index (Phi) is 4.84. The molecule has 1 aliphatic rings. The third-order valence-corrected chi connectivity index (χ3v) is 3.31. The Bertz CT molecular complexity index is 356. The van der Waals surface area contributed by atoms with Crippen LogP contribution in [0.25, 0.3) is 0 Å². The lowest BCUT2D eigenvalue weighted by molar-refractivity contribution is -0.144. The first kappa shape index (κ1) is 14.6. The molecule has 1 aliphatic heterocycles. The topological polar surface area (TPSA) is 77.9 Å². The molecule has 6 nitrogen and oxygen atoms in total. The van der Waals surface area contributed by atoms with Gasteiger partial charge in [0.2, 0.25) is 11.8 Å². The number of hydrogen-bond donors (Lipinski definition) is 1. The zero-order chi connectivity index (χ0) is 13.9. The van der Waals surface area contributed by atoms with Gasteiger partial charge in [0.25, 0.3) is 0 Å². The maximum Gasteiger partial charge on any atom is 0.307 e. The highest BCUT2D eigenvalue weighted by atomic mass is 16.4. The molecule has 0 aliphatic carbocycles.